The number of hydrogen-bond acceptors (Lipinski definition) is 8. The number of aliphatic hydroxyl groups is 3. The molecule has 3 aliphatic rings. The summed E-state index contributed by atoms with van der Waals surface area (Å²) in [6.07, 6.45) is -0.0448. The Morgan fingerprint density at radius 2 is 1.67 bits per heavy atom. The zero-order valence-corrected chi connectivity index (χ0v) is 24.5. The van der Waals surface area contributed by atoms with Gasteiger partial charge >= 0.3 is 0 Å². The molecule has 0 aromatic heterocycles. The Labute approximate surface area is 244 Å². The van der Waals surface area contributed by atoms with E-state index in [1.807, 2.05) is 13.8 Å². The van der Waals surface area contributed by atoms with Crippen molar-refractivity contribution in [3.05, 3.63) is 75.1 Å². The van der Waals surface area contributed by atoms with Crippen LogP contribution in [0.5, 0.6) is 11.5 Å². The summed E-state index contributed by atoms with van der Waals surface area (Å²) >= 11 is 0. The van der Waals surface area contributed by atoms with Crippen molar-refractivity contribution in [3.8, 4) is 23.3 Å². The van der Waals surface area contributed by atoms with Crippen molar-refractivity contribution < 1.29 is 39.5 Å². The molecule has 0 bridgehead atoms. The average molecular weight is 571 g/mol. The van der Waals surface area contributed by atoms with Gasteiger partial charge in [0.2, 0.25) is 5.78 Å². The van der Waals surface area contributed by atoms with Gasteiger partial charge in [-0.2, -0.15) is 0 Å². The minimum absolute atomic E-state index is 0.0352. The molecule has 1 saturated carbocycles. The standard InChI is InChI=1S/C34H34O8/c1-17(2)22-13-20(10-7-19-8-11-21(42-6)12-9-19)28(37)26-23(22)14-32(4)16-33(5)15-24(36)25(18(3)35)30(39)34(33,41)31(40)27(32)29(26)38/h8-9,11-13,17,37-39,41H,14-16H2,1-6H3/t32-,33+,34+/m1/s1. The number of rotatable bonds is 3. The largest absolute Gasteiger partial charge is 0.508 e. The van der Waals surface area contributed by atoms with E-state index in [1.54, 1.807) is 51.3 Å². The number of phenolic OH excluding ortho intramolecular Hbond substituents is 1. The number of allylic oxidation sites excluding steroid dienone is 1. The number of phenols is 1. The van der Waals surface area contributed by atoms with Gasteiger partial charge in [0.05, 0.1) is 18.2 Å². The van der Waals surface area contributed by atoms with Crippen molar-refractivity contribution in [2.45, 2.75) is 65.4 Å². The summed E-state index contributed by atoms with van der Waals surface area (Å²) in [6, 6.07) is 8.87. The summed E-state index contributed by atoms with van der Waals surface area (Å²) < 4.78 is 5.18. The van der Waals surface area contributed by atoms with E-state index < -0.39 is 50.9 Å². The first-order valence-corrected chi connectivity index (χ1v) is 13.8. The Kier molecular flexibility index (Phi) is 6.66. The molecule has 3 atom stereocenters. The number of Topliss-reactive ketones (excluding diaryl/α,β-unsaturated/α-hetero) is 3. The van der Waals surface area contributed by atoms with E-state index in [4.69, 9.17) is 4.74 Å². The van der Waals surface area contributed by atoms with Gasteiger partial charge in [0, 0.05) is 28.4 Å². The van der Waals surface area contributed by atoms with Crippen molar-refractivity contribution in [3.63, 3.8) is 0 Å². The highest BCUT2D eigenvalue weighted by atomic mass is 16.5. The number of aromatic hydroxyl groups is 1. The molecule has 2 aromatic rings. The smallest absolute Gasteiger partial charge is 0.203 e. The second kappa shape index (κ2) is 9.60. The normalized spacial score (nSPS) is 26.8. The first-order chi connectivity index (χ1) is 19.6. The van der Waals surface area contributed by atoms with Crippen molar-refractivity contribution >= 4 is 23.1 Å². The van der Waals surface area contributed by atoms with Crippen molar-refractivity contribution in [2.24, 2.45) is 10.8 Å². The second-order valence-corrected chi connectivity index (χ2v) is 12.5. The topological polar surface area (TPSA) is 141 Å². The van der Waals surface area contributed by atoms with Crippen molar-refractivity contribution in [1.29, 1.82) is 0 Å². The van der Waals surface area contributed by atoms with E-state index >= 15 is 0 Å². The van der Waals surface area contributed by atoms with Crippen LogP contribution in [0.25, 0.3) is 5.76 Å². The fraction of sp³-hybridized carbons (Fsp3) is 0.382. The number of carbonyl (C=O) groups excluding carboxylic acids is 3. The molecule has 42 heavy (non-hydrogen) atoms. The summed E-state index contributed by atoms with van der Waals surface area (Å²) in [5.74, 6) is 2.43. The van der Waals surface area contributed by atoms with Gasteiger partial charge in [-0.1, -0.05) is 39.5 Å². The van der Waals surface area contributed by atoms with Gasteiger partial charge in [-0.3, -0.25) is 14.4 Å². The zero-order chi connectivity index (χ0) is 30.9. The molecule has 1 fully saturated rings. The fourth-order valence-electron chi connectivity index (χ4n) is 7.17. The van der Waals surface area contributed by atoms with Crippen LogP contribution in [0.4, 0.5) is 0 Å². The van der Waals surface area contributed by atoms with E-state index in [-0.39, 0.29) is 47.6 Å². The third-order valence-electron chi connectivity index (χ3n) is 9.11. The maximum Gasteiger partial charge on any atom is 0.203 e. The number of hydrogen-bond donors (Lipinski definition) is 4. The van der Waals surface area contributed by atoms with Gasteiger partial charge in [0.15, 0.2) is 17.2 Å². The van der Waals surface area contributed by atoms with Crippen molar-refractivity contribution in [1.82, 2.24) is 0 Å². The summed E-state index contributed by atoms with van der Waals surface area (Å²) in [5, 5.41) is 46.1. The van der Waals surface area contributed by atoms with Gasteiger partial charge in [0.25, 0.3) is 0 Å². The highest BCUT2D eigenvalue weighted by Crippen LogP contribution is 2.63. The third kappa shape index (κ3) is 3.98. The lowest BCUT2D eigenvalue weighted by Gasteiger charge is -2.56. The highest BCUT2D eigenvalue weighted by molar-refractivity contribution is 6.23. The quantitative estimate of drug-likeness (QED) is 0.304. The van der Waals surface area contributed by atoms with Gasteiger partial charge in [-0.05, 0) is 67.1 Å². The first kappa shape index (κ1) is 29.2. The number of carbonyl (C=O) groups is 3. The van der Waals surface area contributed by atoms with Crippen LogP contribution >= 0.6 is 0 Å². The Balaban J connectivity index is 1.74. The molecule has 4 N–H and O–H groups in total. The molecule has 8 nitrogen and oxygen atoms in total. The van der Waals surface area contributed by atoms with Crippen LogP contribution in [0.1, 0.15) is 81.2 Å². The second-order valence-electron chi connectivity index (χ2n) is 12.5. The number of methoxy groups -OCH3 is 1. The van der Waals surface area contributed by atoms with Crippen molar-refractivity contribution in [2.75, 3.05) is 7.11 Å². The molecule has 218 valence electrons. The van der Waals surface area contributed by atoms with E-state index in [0.29, 0.717) is 16.9 Å². The van der Waals surface area contributed by atoms with E-state index in [0.717, 1.165) is 12.5 Å². The Morgan fingerprint density at radius 1 is 1.02 bits per heavy atom. The van der Waals surface area contributed by atoms with Gasteiger partial charge in [-0.15, -0.1) is 0 Å². The summed E-state index contributed by atoms with van der Waals surface area (Å²) in [6.45, 7) is 8.35. The van der Waals surface area contributed by atoms with Crippen LogP contribution in [0.15, 0.2) is 47.2 Å². The summed E-state index contributed by atoms with van der Waals surface area (Å²) in [4.78, 5) is 39.4. The average Bonchev–Trinajstić information content (AvgIpc) is 2.90. The molecular weight excluding hydrogens is 536 g/mol. The monoisotopic (exact) mass is 570 g/mol. The van der Waals surface area contributed by atoms with Gasteiger partial charge < -0.3 is 25.2 Å². The molecule has 0 radical (unpaired) electrons. The minimum Gasteiger partial charge on any atom is -0.508 e. The van der Waals surface area contributed by atoms with Crippen LogP contribution in [0.2, 0.25) is 0 Å². The lowest BCUT2D eigenvalue weighted by Crippen LogP contribution is -2.65. The van der Waals surface area contributed by atoms with Gasteiger partial charge in [-0.25, -0.2) is 0 Å². The fourth-order valence-corrected chi connectivity index (χ4v) is 7.17. The SMILES string of the molecule is COc1ccc(C#Cc2cc(C(C)C)c3c(c2O)C(O)=C2C(=O)[C@@]4(O)C(O)=C(C(C)=O)C(=O)C[C@@]4(C)C[C@@]2(C)C3)cc1. The van der Waals surface area contributed by atoms with Crippen LogP contribution < -0.4 is 4.74 Å². The van der Waals surface area contributed by atoms with Crippen LogP contribution in [-0.4, -0.2) is 50.5 Å². The Bertz CT molecular complexity index is 1700. The molecule has 0 amide bonds. The molecule has 0 aliphatic heterocycles. The first-order valence-electron chi connectivity index (χ1n) is 13.8. The highest BCUT2D eigenvalue weighted by Gasteiger charge is 2.68. The van der Waals surface area contributed by atoms with Crippen LogP contribution in [-0.2, 0) is 20.8 Å². The predicted octanol–water partition coefficient (Wildman–Crippen LogP) is 4.84. The maximum atomic E-state index is 14.2. The van der Waals surface area contributed by atoms with Crippen LogP contribution in [0.3, 0.4) is 0 Å². The molecule has 0 heterocycles. The number of aliphatic hydroxyl groups excluding tert-OH is 2. The molecule has 3 aliphatic carbocycles. The molecule has 8 heteroatoms. The molecule has 0 unspecified atom stereocenters. The molecule has 2 aromatic carbocycles. The molecular formula is C34H34O8. The van der Waals surface area contributed by atoms with Gasteiger partial charge in [0.1, 0.15) is 28.6 Å². The Morgan fingerprint density at radius 3 is 2.24 bits per heavy atom. The predicted molar refractivity (Wildman–Crippen MR) is 155 cm³/mol. The third-order valence-corrected chi connectivity index (χ3v) is 9.11. The summed E-state index contributed by atoms with van der Waals surface area (Å²) in [7, 11) is 1.56. The number of benzene rings is 2. The summed E-state index contributed by atoms with van der Waals surface area (Å²) in [5.41, 5.74) is -3.41. The maximum absolute atomic E-state index is 14.2. The van der Waals surface area contributed by atoms with E-state index in [1.165, 1.54) is 0 Å². The van der Waals surface area contributed by atoms with E-state index in [9.17, 15) is 34.8 Å². The molecule has 0 saturated heterocycles. The number of fused-ring (bicyclic) bond motifs is 3. The molecule has 0 spiro atoms. The lowest BCUT2D eigenvalue weighted by atomic mass is 9.47. The van der Waals surface area contributed by atoms with Crippen LogP contribution in [0, 0.1) is 22.7 Å². The lowest BCUT2D eigenvalue weighted by molar-refractivity contribution is -0.164. The molecule has 5 rings (SSSR count). The zero-order valence-electron chi connectivity index (χ0n) is 24.5. The Hall–Kier alpha value is -4.35. The minimum atomic E-state index is -2.61. The number of ketones is 3. The number of ether oxygens (including phenoxy) is 1. The van der Waals surface area contributed by atoms with E-state index in [2.05, 4.69) is 11.8 Å².